The van der Waals surface area contributed by atoms with Crippen molar-refractivity contribution >= 4 is 16.9 Å². The maximum absolute atomic E-state index is 5.94. The Hall–Kier alpha value is -2.76. The summed E-state index contributed by atoms with van der Waals surface area (Å²) in [5.74, 6) is 1.70. The van der Waals surface area contributed by atoms with Gasteiger partial charge in [-0.3, -0.25) is 4.68 Å². The van der Waals surface area contributed by atoms with Crippen LogP contribution in [0, 0.1) is 6.92 Å². The van der Waals surface area contributed by atoms with Crippen molar-refractivity contribution in [3.8, 4) is 0 Å². The molecule has 0 aliphatic rings. The van der Waals surface area contributed by atoms with Crippen LogP contribution in [0.3, 0.4) is 0 Å². The number of nitrogens with zero attached hydrogens (tertiary/aromatic N) is 3. The first-order valence-corrected chi connectivity index (χ1v) is 8.15. The van der Waals surface area contributed by atoms with Gasteiger partial charge in [0, 0.05) is 30.7 Å². The second kappa shape index (κ2) is 7.21. The van der Waals surface area contributed by atoms with Gasteiger partial charge in [-0.25, -0.2) is 4.99 Å². The van der Waals surface area contributed by atoms with Gasteiger partial charge in [-0.15, -0.1) is 0 Å². The highest BCUT2D eigenvalue weighted by Gasteiger charge is 2.10. The molecule has 0 radical (unpaired) electrons. The molecule has 2 aromatic heterocycles. The fourth-order valence-electron chi connectivity index (χ4n) is 2.62. The number of fused-ring (bicyclic) bond motifs is 1. The molecule has 1 aromatic carbocycles. The Morgan fingerprint density at radius 1 is 1.25 bits per heavy atom. The predicted octanol–water partition coefficient (Wildman–Crippen LogP) is 2.73. The van der Waals surface area contributed by atoms with E-state index in [0.29, 0.717) is 13.1 Å². The summed E-state index contributed by atoms with van der Waals surface area (Å²) in [4.78, 5) is 4.61. The van der Waals surface area contributed by atoms with Crippen LogP contribution in [-0.4, -0.2) is 22.3 Å². The van der Waals surface area contributed by atoms with Gasteiger partial charge in [-0.1, -0.05) is 18.2 Å². The summed E-state index contributed by atoms with van der Waals surface area (Å²) in [5.41, 5.74) is 3.15. The second-order valence-corrected chi connectivity index (χ2v) is 5.64. The topological polar surface area (TPSA) is 67.4 Å². The average molecular weight is 325 g/mol. The minimum absolute atomic E-state index is 0.574. The normalized spacial score (nSPS) is 11.9. The first-order chi connectivity index (χ1) is 11.7. The van der Waals surface area contributed by atoms with Crippen molar-refractivity contribution in [3.63, 3.8) is 0 Å². The van der Waals surface area contributed by atoms with Gasteiger partial charge in [0.25, 0.3) is 0 Å². The molecule has 0 fully saturated rings. The van der Waals surface area contributed by atoms with Crippen molar-refractivity contribution in [2.45, 2.75) is 26.9 Å². The van der Waals surface area contributed by atoms with Crippen LogP contribution < -0.4 is 10.6 Å². The lowest BCUT2D eigenvalue weighted by Gasteiger charge is -2.10. The number of benzene rings is 1. The SMILES string of the molecule is CCNC(=NCc1ccnn1C)NCc1oc2ccccc2c1C. The highest BCUT2D eigenvalue weighted by Crippen LogP contribution is 2.24. The number of aromatic nitrogens is 2. The summed E-state index contributed by atoms with van der Waals surface area (Å²) in [7, 11) is 1.92. The van der Waals surface area contributed by atoms with E-state index in [4.69, 9.17) is 4.42 Å². The van der Waals surface area contributed by atoms with Gasteiger partial charge in [-0.05, 0) is 26.0 Å². The molecule has 0 saturated heterocycles. The Morgan fingerprint density at radius 2 is 2.08 bits per heavy atom. The van der Waals surface area contributed by atoms with Crippen molar-refractivity contribution in [1.29, 1.82) is 0 Å². The highest BCUT2D eigenvalue weighted by molar-refractivity contribution is 5.82. The largest absolute Gasteiger partial charge is 0.459 e. The van der Waals surface area contributed by atoms with E-state index in [9.17, 15) is 0 Å². The van der Waals surface area contributed by atoms with E-state index in [1.807, 2.05) is 42.9 Å². The molecular weight excluding hydrogens is 302 g/mol. The molecule has 24 heavy (non-hydrogen) atoms. The highest BCUT2D eigenvalue weighted by atomic mass is 16.3. The zero-order valence-electron chi connectivity index (χ0n) is 14.3. The van der Waals surface area contributed by atoms with Crippen LogP contribution in [0.2, 0.25) is 0 Å². The molecule has 0 aliphatic heterocycles. The number of aryl methyl sites for hydroxylation is 2. The Bertz CT molecular complexity index is 846. The Labute approximate surface area is 141 Å². The van der Waals surface area contributed by atoms with E-state index in [2.05, 4.69) is 33.7 Å². The van der Waals surface area contributed by atoms with Crippen LogP contribution >= 0.6 is 0 Å². The van der Waals surface area contributed by atoms with Gasteiger partial charge >= 0.3 is 0 Å². The molecule has 0 saturated carbocycles. The van der Waals surface area contributed by atoms with E-state index in [0.717, 1.165) is 34.9 Å². The lowest BCUT2D eigenvalue weighted by atomic mass is 10.1. The molecule has 6 heteroatoms. The quantitative estimate of drug-likeness (QED) is 0.559. The maximum Gasteiger partial charge on any atom is 0.192 e. The molecule has 3 aromatic rings. The van der Waals surface area contributed by atoms with E-state index < -0.39 is 0 Å². The van der Waals surface area contributed by atoms with Crippen molar-refractivity contribution < 1.29 is 4.42 Å². The smallest absolute Gasteiger partial charge is 0.192 e. The molecule has 0 spiro atoms. The van der Waals surface area contributed by atoms with Crippen LogP contribution in [0.4, 0.5) is 0 Å². The van der Waals surface area contributed by atoms with Crippen molar-refractivity contribution in [3.05, 3.63) is 53.5 Å². The maximum atomic E-state index is 5.94. The molecule has 3 rings (SSSR count). The van der Waals surface area contributed by atoms with Crippen molar-refractivity contribution in [1.82, 2.24) is 20.4 Å². The fraction of sp³-hybridized carbons (Fsp3) is 0.333. The summed E-state index contributed by atoms with van der Waals surface area (Å²) in [6.45, 7) is 6.11. The number of nitrogens with one attached hydrogen (secondary N) is 2. The summed E-state index contributed by atoms with van der Waals surface area (Å²) < 4.78 is 7.77. The minimum Gasteiger partial charge on any atom is -0.459 e. The molecule has 0 bridgehead atoms. The Morgan fingerprint density at radius 3 is 2.79 bits per heavy atom. The van der Waals surface area contributed by atoms with Gasteiger partial charge in [0.1, 0.15) is 11.3 Å². The zero-order chi connectivity index (χ0) is 16.9. The fourth-order valence-corrected chi connectivity index (χ4v) is 2.62. The van der Waals surface area contributed by atoms with Crippen LogP contribution in [0.25, 0.3) is 11.0 Å². The average Bonchev–Trinajstić information content (AvgIpc) is 3.14. The predicted molar refractivity (Wildman–Crippen MR) is 95.8 cm³/mol. The summed E-state index contributed by atoms with van der Waals surface area (Å²) in [6.07, 6.45) is 1.78. The first-order valence-electron chi connectivity index (χ1n) is 8.15. The molecular formula is C18H23N5O. The van der Waals surface area contributed by atoms with Crippen LogP contribution in [0.15, 0.2) is 45.9 Å². The van der Waals surface area contributed by atoms with Crippen molar-refractivity contribution in [2.75, 3.05) is 6.54 Å². The monoisotopic (exact) mass is 325 g/mol. The second-order valence-electron chi connectivity index (χ2n) is 5.64. The molecule has 0 unspecified atom stereocenters. The van der Waals surface area contributed by atoms with Gasteiger partial charge < -0.3 is 15.1 Å². The number of para-hydroxylation sites is 1. The van der Waals surface area contributed by atoms with Gasteiger partial charge in [0.05, 0.1) is 18.8 Å². The Balaban J connectivity index is 1.71. The summed E-state index contributed by atoms with van der Waals surface area (Å²) in [5, 5.41) is 11.9. The number of guanidine groups is 1. The number of aliphatic imine (C=N–C) groups is 1. The number of rotatable bonds is 5. The van der Waals surface area contributed by atoms with E-state index in [1.165, 1.54) is 5.56 Å². The number of hydrogen-bond acceptors (Lipinski definition) is 3. The van der Waals surface area contributed by atoms with E-state index in [-0.39, 0.29) is 0 Å². The molecule has 6 nitrogen and oxygen atoms in total. The number of hydrogen-bond donors (Lipinski definition) is 2. The zero-order valence-corrected chi connectivity index (χ0v) is 14.3. The summed E-state index contributed by atoms with van der Waals surface area (Å²) in [6, 6.07) is 10.1. The molecule has 0 amide bonds. The summed E-state index contributed by atoms with van der Waals surface area (Å²) >= 11 is 0. The minimum atomic E-state index is 0.574. The number of furan rings is 1. The van der Waals surface area contributed by atoms with Crippen LogP contribution in [0.1, 0.15) is 23.9 Å². The van der Waals surface area contributed by atoms with E-state index >= 15 is 0 Å². The molecule has 0 atom stereocenters. The molecule has 126 valence electrons. The van der Waals surface area contributed by atoms with Crippen LogP contribution in [0.5, 0.6) is 0 Å². The lowest BCUT2D eigenvalue weighted by molar-refractivity contribution is 0.534. The molecule has 2 N–H and O–H groups in total. The first kappa shape index (κ1) is 16.1. The molecule has 2 heterocycles. The third-order valence-electron chi connectivity index (χ3n) is 4.02. The van der Waals surface area contributed by atoms with Gasteiger partial charge in [0.15, 0.2) is 5.96 Å². The third kappa shape index (κ3) is 3.42. The van der Waals surface area contributed by atoms with Crippen LogP contribution in [-0.2, 0) is 20.1 Å². The van der Waals surface area contributed by atoms with Gasteiger partial charge in [0.2, 0.25) is 0 Å². The Kier molecular flexibility index (Phi) is 4.84. The molecule has 0 aliphatic carbocycles. The van der Waals surface area contributed by atoms with Gasteiger partial charge in [-0.2, -0.15) is 5.10 Å². The standard InChI is InChI=1S/C18H23N5O/c1-4-19-18(20-11-14-9-10-22-23(14)3)21-12-17-13(2)15-7-5-6-8-16(15)24-17/h5-10H,4,11-12H2,1-3H3,(H2,19,20,21). The third-order valence-corrected chi connectivity index (χ3v) is 4.02. The lowest BCUT2D eigenvalue weighted by Crippen LogP contribution is -2.36. The van der Waals surface area contributed by atoms with Crippen molar-refractivity contribution in [2.24, 2.45) is 12.0 Å². The van der Waals surface area contributed by atoms with E-state index in [1.54, 1.807) is 6.20 Å².